The lowest BCUT2D eigenvalue weighted by molar-refractivity contribution is -0.121. The van der Waals surface area contributed by atoms with E-state index in [1.165, 1.54) is 7.05 Å². The summed E-state index contributed by atoms with van der Waals surface area (Å²) in [7, 11) is 1.51. The lowest BCUT2D eigenvalue weighted by atomic mass is 9.82. The van der Waals surface area contributed by atoms with Crippen LogP contribution in [0.5, 0.6) is 0 Å². The Labute approximate surface area is 126 Å². The van der Waals surface area contributed by atoms with Crippen molar-refractivity contribution in [2.75, 3.05) is 13.6 Å². The fourth-order valence-electron chi connectivity index (χ4n) is 2.11. The van der Waals surface area contributed by atoms with Gasteiger partial charge in [-0.1, -0.05) is 50.6 Å². The van der Waals surface area contributed by atoms with Crippen LogP contribution in [0.2, 0.25) is 0 Å². The number of urea groups is 1. The first kappa shape index (κ1) is 17.0. The third kappa shape index (κ3) is 5.45. The smallest absolute Gasteiger partial charge is 0.314 e. The van der Waals surface area contributed by atoms with Gasteiger partial charge in [0, 0.05) is 7.05 Å². The normalized spacial score (nSPS) is 12.4. The predicted molar refractivity (Wildman–Crippen MR) is 84.0 cm³/mol. The van der Waals surface area contributed by atoms with Crippen LogP contribution in [0.3, 0.4) is 0 Å². The van der Waals surface area contributed by atoms with Crippen molar-refractivity contribution in [3.63, 3.8) is 0 Å². The van der Waals surface area contributed by atoms with E-state index in [9.17, 15) is 9.59 Å². The highest BCUT2D eigenvalue weighted by Gasteiger charge is 2.27. The maximum absolute atomic E-state index is 12.0. The molecule has 0 bridgehead atoms. The summed E-state index contributed by atoms with van der Waals surface area (Å²) < 4.78 is 0. The third-order valence-electron chi connectivity index (χ3n) is 3.18. The van der Waals surface area contributed by atoms with E-state index in [0.717, 1.165) is 11.1 Å². The Morgan fingerprint density at radius 3 is 2.43 bits per heavy atom. The molecule has 1 atom stereocenters. The first-order valence-corrected chi connectivity index (χ1v) is 7.05. The van der Waals surface area contributed by atoms with Crippen molar-refractivity contribution < 1.29 is 9.59 Å². The fourth-order valence-corrected chi connectivity index (χ4v) is 2.11. The van der Waals surface area contributed by atoms with Crippen LogP contribution in [0.4, 0.5) is 4.79 Å². The summed E-state index contributed by atoms with van der Waals surface area (Å²) >= 11 is 0. The highest BCUT2D eigenvalue weighted by atomic mass is 16.2. The summed E-state index contributed by atoms with van der Waals surface area (Å²) in [4.78, 5) is 23.1. The first-order valence-electron chi connectivity index (χ1n) is 7.05. The number of aryl methyl sites for hydroxylation is 1. The highest BCUT2D eigenvalue weighted by molar-refractivity contribution is 5.84. The summed E-state index contributed by atoms with van der Waals surface area (Å²) in [5.41, 5.74) is 2.09. The minimum Gasteiger partial charge on any atom is -0.347 e. The van der Waals surface area contributed by atoms with Crippen molar-refractivity contribution in [1.82, 2.24) is 16.0 Å². The Kier molecular flexibility index (Phi) is 5.76. The van der Waals surface area contributed by atoms with Crippen molar-refractivity contribution in [3.05, 3.63) is 35.4 Å². The minimum atomic E-state index is -0.368. The predicted octanol–water partition coefficient (Wildman–Crippen LogP) is 2.13. The molecule has 3 amide bonds. The van der Waals surface area contributed by atoms with Gasteiger partial charge in [-0.25, -0.2) is 4.79 Å². The quantitative estimate of drug-likeness (QED) is 0.795. The molecule has 3 N–H and O–H groups in total. The van der Waals surface area contributed by atoms with E-state index in [4.69, 9.17) is 0 Å². The molecule has 116 valence electrons. The second-order valence-corrected chi connectivity index (χ2v) is 6.21. The highest BCUT2D eigenvalue weighted by Crippen LogP contribution is 2.32. The molecule has 0 spiro atoms. The molecule has 5 nitrogen and oxygen atoms in total. The summed E-state index contributed by atoms with van der Waals surface area (Å²) in [5.74, 6) is -0.208. The second kappa shape index (κ2) is 7.11. The zero-order chi connectivity index (χ0) is 16.0. The number of hydrogen-bond acceptors (Lipinski definition) is 2. The monoisotopic (exact) mass is 291 g/mol. The SMILES string of the molecule is CNC(=O)NCC(=O)N[C@H](c1cccc(C)c1)C(C)(C)C. The molecule has 5 heteroatoms. The van der Waals surface area contributed by atoms with Crippen LogP contribution in [-0.4, -0.2) is 25.5 Å². The van der Waals surface area contributed by atoms with E-state index in [0.29, 0.717) is 0 Å². The fraction of sp³-hybridized carbons (Fsp3) is 0.500. The van der Waals surface area contributed by atoms with Crippen LogP contribution in [-0.2, 0) is 4.79 Å². The average Bonchev–Trinajstić information content (AvgIpc) is 2.40. The van der Waals surface area contributed by atoms with Gasteiger partial charge < -0.3 is 16.0 Å². The van der Waals surface area contributed by atoms with Gasteiger partial charge >= 0.3 is 6.03 Å². The number of rotatable bonds is 4. The molecule has 0 aliphatic heterocycles. The van der Waals surface area contributed by atoms with E-state index in [-0.39, 0.29) is 29.9 Å². The van der Waals surface area contributed by atoms with E-state index in [1.807, 2.05) is 25.1 Å². The van der Waals surface area contributed by atoms with Gasteiger partial charge in [-0.15, -0.1) is 0 Å². The molecular formula is C16H25N3O2. The molecular weight excluding hydrogens is 266 g/mol. The number of hydrogen-bond donors (Lipinski definition) is 3. The zero-order valence-corrected chi connectivity index (χ0v) is 13.4. The number of carbonyl (C=O) groups is 2. The number of amides is 3. The molecule has 0 heterocycles. The van der Waals surface area contributed by atoms with Gasteiger partial charge in [-0.3, -0.25) is 4.79 Å². The maximum atomic E-state index is 12.0. The molecule has 1 aromatic carbocycles. The summed E-state index contributed by atoms with van der Waals surface area (Å²) in [6.07, 6.45) is 0. The lowest BCUT2D eigenvalue weighted by Crippen LogP contribution is -2.44. The first-order chi connectivity index (χ1) is 9.74. The Morgan fingerprint density at radius 2 is 1.90 bits per heavy atom. The van der Waals surface area contributed by atoms with E-state index in [2.05, 4.69) is 42.8 Å². The average molecular weight is 291 g/mol. The van der Waals surface area contributed by atoms with Crippen LogP contribution in [0, 0.1) is 12.3 Å². The van der Waals surface area contributed by atoms with Gasteiger partial charge in [0.1, 0.15) is 0 Å². The molecule has 1 rings (SSSR count). The van der Waals surface area contributed by atoms with Gasteiger partial charge in [0.2, 0.25) is 5.91 Å². The van der Waals surface area contributed by atoms with E-state index in [1.54, 1.807) is 0 Å². The van der Waals surface area contributed by atoms with Crippen molar-refractivity contribution >= 4 is 11.9 Å². The van der Waals surface area contributed by atoms with Crippen LogP contribution >= 0.6 is 0 Å². The zero-order valence-electron chi connectivity index (χ0n) is 13.4. The summed E-state index contributed by atoms with van der Waals surface area (Å²) in [6.45, 7) is 8.21. The summed E-state index contributed by atoms with van der Waals surface area (Å²) in [6, 6.07) is 7.61. The summed E-state index contributed by atoms with van der Waals surface area (Å²) in [5, 5.41) is 7.90. The van der Waals surface area contributed by atoms with Crippen LogP contribution in [0.25, 0.3) is 0 Å². The van der Waals surface area contributed by atoms with Crippen LogP contribution in [0.15, 0.2) is 24.3 Å². The largest absolute Gasteiger partial charge is 0.347 e. The third-order valence-corrected chi connectivity index (χ3v) is 3.18. The van der Waals surface area contributed by atoms with Crippen molar-refractivity contribution in [1.29, 1.82) is 0 Å². The molecule has 0 saturated carbocycles. The molecule has 0 aliphatic rings. The van der Waals surface area contributed by atoms with Crippen molar-refractivity contribution in [2.24, 2.45) is 5.41 Å². The lowest BCUT2D eigenvalue weighted by Gasteiger charge is -2.32. The Balaban J connectivity index is 2.81. The Bertz CT molecular complexity index is 506. The second-order valence-electron chi connectivity index (χ2n) is 6.21. The molecule has 0 saturated heterocycles. The molecule has 0 aromatic heterocycles. The Morgan fingerprint density at radius 1 is 1.24 bits per heavy atom. The number of benzene rings is 1. The molecule has 1 aromatic rings. The number of nitrogens with one attached hydrogen (secondary N) is 3. The topological polar surface area (TPSA) is 70.2 Å². The molecule has 0 unspecified atom stereocenters. The van der Waals surface area contributed by atoms with Gasteiger partial charge in [-0.2, -0.15) is 0 Å². The number of carbonyl (C=O) groups excluding carboxylic acids is 2. The molecule has 0 radical (unpaired) electrons. The van der Waals surface area contributed by atoms with Gasteiger partial charge in [0.25, 0.3) is 0 Å². The molecule has 0 aliphatic carbocycles. The van der Waals surface area contributed by atoms with Gasteiger partial charge in [0.05, 0.1) is 12.6 Å². The molecule has 21 heavy (non-hydrogen) atoms. The van der Waals surface area contributed by atoms with Crippen LogP contribution < -0.4 is 16.0 Å². The van der Waals surface area contributed by atoms with Gasteiger partial charge in [-0.05, 0) is 17.9 Å². The molecule has 0 fully saturated rings. The van der Waals surface area contributed by atoms with Gasteiger partial charge in [0.15, 0.2) is 0 Å². The maximum Gasteiger partial charge on any atom is 0.314 e. The van der Waals surface area contributed by atoms with Crippen LogP contribution in [0.1, 0.15) is 37.9 Å². The van der Waals surface area contributed by atoms with E-state index < -0.39 is 0 Å². The Hall–Kier alpha value is -2.04. The standard InChI is InChI=1S/C16H25N3O2/c1-11-7-6-8-12(9-11)14(16(2,3)4)19-13(20)10-18-15(21)17-5/h6-9,14H,10H2,1-5H3,(H,19,20)(H2,17,18,21)/t14-/m1/s1. The van der Waals surface area contributed by atoms with Crippen molar-refractivity contribution in [3.8, 4) is 0 Å². The van der Waals surface area contributed by atoms with Crippen molar-refractivity contribution in [2.45, 2.75) is 33.7 Å². The minimum absolute atomic E-state index is 0.0436. The van der Waals surface area contributed by atoms with E-state index >= 15 is 0 Å².